The number of rotatable bonds is 3. The Balaban J connectivity index is 1.68. The zero-order chi connectivity index (χ0) is 19.1. The van der Waals surface area contributed by atoms with Gasteiger partial charge in [0.15, 0.2) is 0 Å². The summed E-state index contributed by atoms with van der Waals surface area (Å²) in [6.07, 6.45) is 0. The van der Waals surface area contributed by atoms with Gasteiger partial charge in [0.1, 0.15) is 17.0 Å². The summed E-state index contributed by atoms with van der Waals surface area (Å²) < 4.78 is 5.17. The van der Waals surface area contributed by atoms with Crippen LogP contribution in [0.3, 0.4) is 0 Å². The van der Waals surface area contributed by atoms with Crippen molar-refractivity contribution in [2.45, 2.75) is 13.8 Å². The number of imide groups is 1. The molecule has 134 valence electrons. The molecule has 2 heterocycles. The summed E-state index contributed by atoms with van der Waals surface area (Å²) in [5.41, 5.74) is 2.34. The van der Waals surface area contributed by atoms with E-state index in [1.807, 2.05) is 25.1 Å². The molecule has 0 saturated carbocycles. The molecule has 27 heavy (non-hydrogen) atoms. The number of hydrogen-bond acceptors (Lipinski definition) is 6. The summed E-state index contributed by atoms with van der Waals surface area (Å²) in [6.45, 7) is 3.44. The summed E-state index contributed by atoms with van der Waals surface area (Å²) in [5.74, 6) is -2.03. The van der Waals surface area contributed by atoms with E-state index in [0.29, 0.717) is 16.3 Å². The Morgan fingerprint density at radius 3 is 2.07 bits per heavy atom. The first kappa shape index (κ1) is 16.7. The summed E-state index contributed by atoms with van der Waals surface area (Å²) in [6, 6.07) is 13.6. The van der Waals surface area contributed by atoms with E-state index in [4.69, 9.17) is 9.36 Å². The van der Waals surface area contributed by atoms with E-state index >= 15 is 0 Å². The molecule has 0 atom stereocenters. The normalized spacial score (nSPS) is 13.0. The van der Waals surface area contributed by atoms with Gasteiger partial charge in [0.05, 0.1) is 11.1 Å². The zero-order valence-electron chi connectivity index (χ0n) is 14.6. The van der Waals surface area contributed by atoms with Gasteiger partial charge in [-0.05, 0) is 31.5 Å². The fourth-order valence-corrected chi connectivity index (χ4v) is 3.01. The number of nitrogens with zero attached hydrogens (tertiary/aromatic N) is 2. The molecule has 0 saturated heterocycles. The molecule has 0 radical (unpaired) electrons. The Morgan fingerprint density at radius 2 is 1.48 bits per heavy atom. The SMILES string of the molecule is Cc1ccccc1-c1noc(C)c1C(=O)ON1C(=O)c2ccccc2C1=O. The lowest BCUT2D eigenvalue weighted by atomic mass is 10.0. The highest BCUT2D eigenvalue weighted by atomic mass is 16.7. The highest BCUT2D eigenvalue weighted by molar-refractivity contribution is 6.21. The van der Waals surface area contributed by atoms with Gasteiger partial charge in [-0.1, -0.05) is 46.6 Å². The molecule has 0 N–H and O–H groups in total. The topological polar surface area (TPSA) is 89.7 Å². The zero-order valence-corrected chi connectivity index (χ0v) is 14.6. The Morgan fingerprint density at radius 1 is 0.926 bits per heavy atom. The molecule has 2 aromatic carbocycles. The third kappa shape index (κ3) is 2.60. The van der Waals surface area contributed by atoms with Crippen molar-refractivity contribution in [2.75, 3.05) is 0 Å². The number of aromatic nitrogens is 1. The van der Waals surface area contributed by atoms with E-state index in [9.17, 15) is 14.4 Å². The van der Waals surface area contributed by atoms with Crippen LogP contribution in [0.25, 0.3) is 11.3 Å². The average molecular weight is 362 g/mol. The molecule has 7 heteroatoms. The first-order valence-corrected chi connectivity index (χ1v) is 8.21. The van der Waals surface area contributed by atoms with Crippen molar-refractivity contribution >= 4 is 17.8 Å². The minimum atomic E-state index is -0.887. The molecule has 4 rings (SSSR count). The van der Waals surface area contributed by atoms with Crippen LogP contribution < -0.4 is 0 Å². The van der Waals surface area contributed by atoms with E-state index in [1.165, 1.54) is 12.1 Å². The van der Waals surface area contributed by atoms with Crippen LogP contribution in [0.4, 0.5) is 0 Å². The van der Waals surface area contributed by atoms with Crippen molar-refractivity contribution in [1.82, 2.24) is 10.2 Å². The second-order valence-electron chi connectivity index (χ2n) is 6.11. The minimum Gasteiger partial charge on any atom is -0.360 e. The van der Waals surface area contributed by atoms with Crippen molar-refractivity contribution in [3.05, 3.63) is 76.5 Å². The second kappa shape index (κ2) is 6.21. The standard InChI is InChI=1S/C20H14N2O5/c1-11-7-3-4-8-13(11)17-16(12(2)26-21-17)20(25)27-22-18(23)14-9-5-6-10-15(14)19(22)24/h3-10H,1-2H3. The highest BCUT2D eigenvalue weighted by Crippen LogP contribution is 2.30. The molecule has 1 aromatic heterocycles. The van der Waals surface area contributed by atoms with E-state index in [0.717, 1.165) is 5.56 Å². The van der Waals surface area contributed by atoms with Crippen molar-refractivity contribution in [3.8, 4) is 11.3 Å². The summed E-state index contributed by atoms with van der Waals surface area (Å²) in [7, 11) is 0. The molecular formula is C20H14N2O5. The van der Waals surface area contributed by atoms with Crippen LogP contribution in [0.5, 0.6) is 0 Å². The summed E-state index contributed by atoms with van der Waals surface area (Å²) in [4.78, 5) is 42.7. The molecule has 0 aliphatic carbocycles. The Bertz CT molecular complexity index is 1060. The van der Waals surface area contributed by atoms with Crippen LogP contribution in [0, 0.1) is 13.8 Å². The molecular weight excluding hydrogens is 348 g/mol. The number of fused-ring (bicyclic) bond motifs is 1. The van der Waals surface area contributed by atoms with Gasteiger partial charge in [-0.15, -0.1) is 0 Å². The van der Waals surface area contributed by atoms with Crippen LogP contribution >= 0.6 is 0 Å². The molecule has 1 aliphatic rings. The lowest BCUT2D eigenvalue weighted by Gasteiger charge is -2.13. The Labute approximate surface area is 154 Å². The second-order valence-corrected chi connectivity index (χ2v) is 6.11. The predicted octanol–water partition coefficient (Wildman–Crippen LogP) is 3.33. The van der Waals surface area contributed by atoms with Gasteiger partial charge in [-0.2, -0.15) is 0 Å². The van der Waals surface area contributed by atoms with Gasteiger partial charge in [0.2, 0.25) is 0 Å². The Kier molecular flexibility index (Phi) is 3.84. The van der Waals surface area contributed by atoms with Crippen LogP contribution in [0.15, 0.2) is 53.1 Å². The van der Waals surface area contributed by atoms with Gasteiger partial charge in [-0.3, -0.25) is 9.59 Å². The van der Waals surface area contributed by atoms with Crippen LogP contribution in [-0.2, 0) is 4.84 Å². The van der Waals surface area contributed by atoms with Gasteiger partial charge in [-0.25, -0.2) is 4.79 Å². The number of hydroxylamine groups is 2. The molecule has 3 aromatic rings. The molecule has 2 amide bonds. The predicted molar refractivity (Wildman–Crippen MR) is 93.8 cm³/mol. The number of benzene rings is 2. The van der Waals surface area contributed by atoms with Crippen LogP contribution in [0.2, 0.25) is 0 Å². The molecule has 0 unspecified atom stereocenters. The quantitative estimate of drug-likeness (QED) is 0.664. The number of carbonyl (C=O) groups excluding carboxylic acids is 3. The molecule has 0 fully saturated rings. The Hall–Kier alpha value is -3.74. The maximum absolute atomic E-state index is 12.8. The van der Waals surface area contributed by atoms with Crippen LogP contribution in [-0.4, -0.2) is 28.0 Å². The molecule has 7 nitrogen and oxygen atoms in total. The van der Waals surface area contributed by atoms with Crippen molar-refractivity contribution in [1.29, 1.82) is 0 Å². The van der Waals surface area contributed by atoms with Crippen molar-refractivity contribution in [2.24, 2.45) is 0 Å². The molecule has 0 bridgehead atoms. The number of hydrogen-bond donors (Lipinski definition) is 0. The molecule has 1 aliphatic heterocycles. The summed E-state index contributed by atoms with van der Waals surface area (Å²) >= 11 is 0. The van der Waals surface area contributed by atoms with Crippen LogP contribution in [0.1, 0.15) is 42.4 Å². The maximum Gasteiger partial charge on any atom is 0.369 e. The number of aryl methyl sites for hydroxylation is 2. The third-order valence-electron chi connectivity index (χ3n) is 4.40. The fraction of sp³-hybridized carbons (Fsp3) is 0.100. The average Bonchev–Trinajstić information content (AvgIpc) is 3.16. The fourth-order valence-electron chi connectivity index (χ4n) is 3.01. The first-order valence-electron chi connectivity index (χ1n) is 8.21. The van der Waals surface area contributed by atoms with Gasteiger partial charge in [0, 0.05) is 5.56 Å². The van der Waals surface area contributed by atoms with Crippen molar-refractivity contribution in [3.63, 3.8) is 0 Å². The first-order chi connectivity index (χ1) is 13.0. The van der Waals surface area contributed by atoms with Gasteiger partial charge < -0.3 is 9.36 Å². The van der Waals surface area contributed by atoms with E-state index in [1.54, 1.807) is 25.1 Å². The maximum atomic E-state index is 12.8. The third-order valence-corrected chi connectivity index (χ3v) is 4.40. The monoisotopic (exact) mass is 362 g/mol. The minimum absolute atomic E-state index is 0.0702. The lowest BCUT2D eigenvalue weighted by molar-refractivity contribution is -0.0585. The van der Waals surface area contributed by atoms with E-state index in [-0.39, 0.29) is 22.5 Å². The largest absolute Gasteiger partial charge is 0.369 e. The lowest BCUT2D eigenvalue weighted by Crippen LogP contribution is -2.32. The highest BCUT2D eigenvalue weighted by Gasteiger charge is 2.39. The van der Waals surface area contributed by atoms with Gasteiger partial charge >= 0.3 is 5.97 Å². The molecule has 0 spiro atoms. The van der Waals surface area contributed by atoms with Gasteiger partial charge in [0.25, 0.3) is 11.8 Å². The number of carbonyl (C=O) groups is 3. The van der Waals surface area contributed by atoms with Crippen molar-refractivity contribution < 1.29 is 23.7 Å². The van der Waals surface area contributed by atoms with E-state index in [2.05, 4.69) is 5.16 Å². The van der Waals surface area contributed by atoms with E-state index < -0.39 is 17.8 Å². The summed E-state index contributed by atoms with van der Waals surface area (Å²) in [5, 5.41) is 4.43. The number of amides is 2. The smallest absolute Gasteiger partial charge is 0.360 e.